The molecule has 0 saturated heterocycles. The fourth-order valence-corrected chi connectivity index (χ4v) is 8.07. The molecule has 0 bridgehead atoms. The van der Waals surface area contributed by atoms with Crippen LogP contribution < -0.4 is 14.8 Å². The van der Waals surface area contributed by atoms with Crippen LogP contribution in [0.15, 0.2) is 84.9 Å². The molecule has 0 aliphatic carbocycles. The van der Waals surface area contributed by atoms with E-state index in [4.69, 9.17) is 4.43 Å². The number of carbonyl (C=O) groups excluding carboxylic acids is 1. The van der Waals surface area contributed by atoms with E-state index >= 15 is 0 Å². The summed E-state index contributed by atoms with van der Waals surface area (Å²) in [5, 5.41) is 2.39. The summed E-state index contributed by atoms with van der Waals surface area (Å²) in [6.45, 7) is 6.78. The summed E-state index contributed by atoms with van der Waals surface area (Å²) in [4.78, 5) is 10.9. The smallest absolute Gasteiger partial charge is 0.319 e. The van der Waals surface area contributed by atoms with Gasteiger partial charge in [0.1, 0.15) is 12.0 Å². The summed E-state index contributed by atoms with van der Waals surface area (Å²) in [5.74, 6) is 0.823. The second kappa shape index (κ2) is 7.93. The van der Waals surface area contributed by atoms with Crippen LogP contribution >= 0.6 is 0 Å². The topological polar surface area (TPSA) is 26.3 Å². The molecule has 0 amide bonds. The standard InChI is InChI=1S/C24H26O2Si/c1-24(2,3)27(22-13-6-4-7-14-22,23-15-8-5-9-16-23)26-21-12-10-11-20(19-21)17-18-25/h4-16,18-19H,17H2,1-3H3. The quantitative estimate of drug-likeness (QED) is 0.473. The molecule has 0 heterocycles. The molecule has 0 radical (unpaired) electrons. The minimum atomic E-state index is -2.62. The molecule has 3 heteroatoms. The first-order valence-corrected chi connectivity index (χ1v) is 11.2. The fraction of sp³-hybridized carbons (Fsp3) is 0.208. The van der Waals surface area contributed by atoms with E-state index in [0.29, 0.717) is 6.42 Å². The van der Waals surface area contributed by atoms with Crippen LogP contribution in [0.3, 0.4) is 0 Å². The van der Waals surface area contributed by atoms with Crippen molar-refractivity contribution in [3.8, 4) is 5.75 Å². The summed E-state index contributed by atoms with van der Waals surface area (Å²) in [6.07, 6.45) is 1.33. The monoisotopic (exact) mass is 374 g/mol. The highest BCUT2D eigenvalue weighted by atomic mass is 28.4. The minimum absolute atomic E-state index is 0.0869. The Morgan fingerprint density at radius 2 is 1.37 bits per heavy atom. The van der Waals surface area contributed by atoms with Crippen LogP contribution in [0.5, 0.6) is 5.75 Å². The van der Waals surface area contributed by atoms with Crippen molar-refractivity contribution in [2.24, 2.45) is 0 Å². The van der Waals surface area contributed by atoms with Crippen LogP contribution in [-0.2, 0) is 11.2 Å². The van der Waals surface area contributed by atoms with Crippen molar-refractivity contribution in [2.75, 3.05) is 0 Å². The highest BCUT2D eigenvalue weighted by Gasteiger charge is 2.52. The first-order valence-electron chi connectivity index (χ1n) is 9.30. The Morgan fingerprint density at radius 3 is 1.85 bits per heavy atom. The lowest BCUT2D eigenvalue weighted by Crippen LogP contribution is -2.68. The molecule has 0 aromatic heterocycles. The first-order chi connectivity index (χ1) is 13.0. The zero-order valence-corrected chi connectivity index (χ0v) is 17.2. The molecule has 138 valence electrons. The molecule has 0 unspecified atom stereocenters. The van der Waals surface area contributed by atoms with Crippen molar-refractivity contribution in [3.63, 3.8) is 0 Å². The molecule has 27 heavy (non-hydrogen) atoms. The summed E-state index contributed by atoms with van der Waals surface area (Å²) in [7, 11) is -2.62. The zero-order valence-electron chi connectivity index (χ0n) is 16.2. The van der Waals surface area contributed by atoms with Gasteiger partial charge >= 0.3 is 8.32 Å². The number of benzene rings is 3. The Balaban J connectivity index is 2.21. The molecule has 0 saturated carbocycles. The van der Waals surface area contributed by atoms with Gasteiger partial charge in [-0.2, -0.15) is 0 Å². The van der Waals surface area contributed by atoms with Crippen molar-refractivity contribution in [1.82, 2.24) is 0 Å². The average molecular weight is 375 g/mol. The molecule has 0 spiro atoms. The van der Waals surface area contributed by atoms with Crippen LogP contribution in [0.1, 0.15) is 26.3 Å². The van der Waals surface area contributed by atoms with Gasteiger partial charge in [0.2, 0.25) is 0 Å². The van der Waals surface area contributed by atoms with Gasteiger partial charge in [0.05, 0.1) is 0 Å². The summed E-state index contributed by atoms with van der Waals surface area (Å²) >= 11 is 0. The molecule has 2 nitrogen and oxygen atoms in total. The van der Waals surface area contributed by atoms with Crippen LogP contribution in [-0.4, -0.2) is 14.6 Å². The third kappa shape index (κ3) is 3.88. The molecule has 0 atom stereocenters. The van der Waals surface area contributed by atoms with E-state index in [0.717, 1.165) is 17.6 Å². The fourth-order valence-electron chi connectivity index (χ4n) is 3.66. The number of aldehydes is 1. The van der Waals surface area contributed by atoms with Gasteiger partial charge in [-0.25, -0.2) is 0 Å². The maximum atomic E-state index is 10.9. The lowest BCUT2D eigenvalue weighted by atomic mass is 10.2. The molecule has 3 aromatic rings. The maximum Gasteiger partial charge on any atom is 0.319 e. The van der Waals surface area contributed by atoms with E-state index in [-0.39, 0.29) is 5.04 Å². The predicted molar refractivity (Wildman–Crippen MR) is 114 cm³/mol. The SMILES string of the molecule is CC(C)(C)[Si](Oc1cccc(CC=O)c1)(c1ccccc1)c1ccccc1. The van der Waals surface area contributed by atoms with Crippen molar-refractivity contribution >= 4 is 25.0 Å². The Bertz CT molecular complexity index is 844. The lowest BCUT2D eigenvalue weighted by molar-refractivity contribution is -0.107. The van der Waals surface area contributed by atoms with E-state index in [1.54, 1.807) is 0 Å². The van der Waals surface area contributed by atoms with Gasteiger partial charge in [-0.15, -0.1) is 0 Å². The van der Waals surface area contributed by atoms with E-state index in [9.17, 15) is 4.79 Å². The second-order valence-corrected chi connectivity index (χ2v) is 12.0. The van der Waals surface area contributed by atoms with Gasteiger partial charge in [0.25, 0.3) is 0 Å². The molecular formula is C24H26O2Si. The highest BCUT2D eigenvalue weighted by molar-refractivity contribution is 7.00. The van der Waals surface area contributed by atoms with Crippen molar-refractivity contribution in [1.29, 1.82) is 0 Å². The number of rotatable bonds is 6. The van der Waals surface area contributed by atoms with Crippen LogP contribution in [0.25, 0.3) is 0 Å². The first kappa shape index (κ1) is 19.1. The highest BCUT2D eigenvalue weighted by Crippen LogP contribution is 2.37. The largest absolute Gasteiger partial charge is 0.534 e. The van der Waals surface area contributed by atoms with Crippen molar-refractivity contribution in [3.05, 3.63) is 90.5 Å². The van der Waals surface area contributed by atoms with Crippen LogP contribution in [0, 0.1) is 0 Å². The Kier molecular flexibility index (Phi) is 5.61. The third-order valence-corrected chi connectivity index (χ3v) is 9.85. The molecule has 0 N–H and O–H groups in total. The molecule has 0 aliphatic heterocycles. The van der Waals surface area contributed by atoms with Crippen molar-refractivity contribution in [2.45, 2.75) is 32.2 Å². The molecule has 3 aromatic carbocycles. The van der Waals surface area contributed by atoms with Gasteiger partial charge in [0.15, 0.2) is 0 Å². The maximum absolute atomic E-state index is 10.9. The predicted octanol–water partition coefficient (Wildman–Crippen LogP) is 4.37. The van der Waals surface area contributed by atoms with E-state index in [1.807, 2.05) is 36.4 Å². The summed E-state index contributed by atoms with van der Waals surface area (Å²) in [6, 6.07) is 29.0. The third-order valence-electron chi connectivity index (χ3n) is 4.91. The molecule has 3 rings (SSSR count). The Hall–Kier alpha value is -2.65. The number of hydrogen-bond donors (Lipinski definition) is 0. The Morgan fingerprint density at radius 1 is 0.815 bits per heavy atom. The zero-order chi connectivity index (χ0) is 19.3. The molecule has 0 aliphatic rings. The number of hydrogen-bond acceptors (Lipinski definition) is 2. The van der Waals surface area contributed by atoms with Gasteiger partial charge in [0, 0.05) is 6.42 Å². The minimum Gasteiger partial charge on any atom is -0.534 e. The van der Waals surface area contributed by atoms with Crippen LogP contribution in [0.4, 0.5) is 0 Å². The second-order valence-electron chi connectivity index (χ2n) is 7.78. The van der Waals surface area contributed by atoms with Gasteiger partial charge in [-0.1, -0.05) is 93.6 Å². The Labute approximate surface area is 163 Å². The van der Waals surface area contributed by atoms with Crippen LogP contribution in [0.2, 0.25) is 5.04 Å². The average Bonchev–Trinajstić information content (AvgIpc) is 2.67. The summed E-state index contributed by atoms with van der Waals surface area (Å²) in [5.41, 5.74) is 0.973. The lowest BCUT2D eigenvalue weighted by Gasteiger charge is -2.43. The van der Waals surface area contributed by atoms with Gasteiger partial charge in [-0.3, -0.25) is 0 Å². The van der Waals surface area contributed by atoms with Crippen molar-refractivity contribution < 1.29 is 9.22 Å². The molecular weight excluding hydrogens is 348 g/mol. The number of carbonyl (C=O) groups is 1. The normalized spacial score (nSPS) is 11.8. The summed E-state index contributed by atoms with van der Waals surface area (Å²) < 4.78 is 6.95. The van der Waals surface area contributed by atoms with E-state index < -0.39 is 8.32 Å². The molecule has 0 fully saturated rings. The van der Waals surface area contributed by atoms with E-state index in [1.165, 1.54) is 10.4 Å². The van der Waals surface area contributed by atoms with Gasteiger partial charge in [-0.05, 0) is 33.1 Å². The van der Waals surface area contributed by atoms with Gasteiger partial charge < -0.3 is 9.22 Å². The van der Waals surface area contributed by atoms with E-state index in [2.05, 4.69) is 69.3 Å².